The second kappa shape index (κ2) is 12.2. The van der Waals surface area contributed by atoms with E-state index in [1.165, 1.54) is 24.1 Å². The number of amides is 3. The Morgan fingerprint density at radius 3 is 2.19 bits per heavy atom. The fraction of sp³-hybridized carbons (Fsp3) is 0.375. The number of nitrogens with zero attached hydrogens (tertiary/aromatic N) is 1. The van der Waals surface area contributed by atoms with Gasteiger partial charge < -0.3 is 15.7 Å². The largest absolute Gasteiger partial charge is 0.508 e. The van der Waals surface area contributed by atoms with Crippen LogP contribution in [-0.4, -0.2) is 46.9 Å². The van der Waals surface area contributed by atoms with Gasteiger partial charge in [-0.2, -0.15) is 0 Å². The zero-order chi connectivity index (χ0) is 23.1. The number of nitrogens with one attached hydrogen (secondary N) is 1. The summed E-state index contributed by atoms with van der Waals surface area (Å²) in [5.41, 5.74) is 8.97. The molecule has 4 N–H and O–H groups in total. The van der Waals surface area contributed by atoms with Crippen molar-refractivity contribution in [1.82, 2.24) is 10.2 Å². The first-order valence-electron chi connectivity index (χ1n) is 10.3. The zero-order valence-electron chi connectivity index (χ0n) is 18.9. The van der Waals surface area contributed by atoms with Crippen molar-refractivity contribution in [1.29, 1.82) is 0 Å². The van der Waals surface area contributed by atoms with E-state index in [4.69, 9.17) is 5.73 Å². The fourth-order valence-corrected chi connectivity index (χ4v) is 3.21. The van der Waals surface area contributed by atoms with Gasteiger partial charge in [0.25, 0.3) is 0 Å². The lowest BCUT2D eigenvalue weighted by molar-refractivity contribution is -0.142. The molecule has 0 aromatic heterocycles. The highest BCUT2D eigenvalue weighted by molar-refractivity contribution is 6.00. The van der Waals surface area contributed by atoms with Crippen LogP contribution in [0, 0.1) is 12.8 Å². The molecule has 174 valence electrons. The Hall–Kier alpha value is -2.90. The number of likely N-dealkylation sites (N-methyl/N-ethyl adjacent to an activating group) is 1. The third-order valence-electron chi connectivity index (χ3n) is 5.50. The maximum absolute atomic E-state index is 12.6. The standard InChI is InChI=1S/C24H31N3O4.ClH/c1-15-7-5-6-8-19(15)13-16(2)22(29)26-23(30)17(3)27(4)24(31)21(25)14-18-9-11-20(28)12-10-18;/h5-12,16-17,21,28H,13-14,25H2,1-4H3,(H,26,29,30);1H/t16?,17-,21-;/m0./s1. The molecule has 0 fully saturated rings. The number of imide groups is 1. The number of aromatic hydroxyl groups is 1. The van der Waals surface area contributed by atoms with Crippen LogP contribution in [0.15, 0.2) is 48.5 Å². The molecule has 3 atom stereocenters. The molecule has 2 rings (SSSR count). The SMILES string of the molecule is Cc1ccccc1CC(C)C(=O)NC(=O)[C@H](C)N(C)C(=O)[C@@H](N)Cc1ccc(O)cc1.Cl. The van der Waals surface area contributed by atoms with Gasteiger partial charge in [-0.05, 0) is 55.5 Å². The van der Waals surface area contributed by atoms with E-state index in [1.54, 1.807) is 26.0 Å². The minimum Gasteiger partial charge on any atom is -0.508 e. The van der Waals surface area contributed by atoms with Gasteiger partial charge in [0.2, 0.25) is 17.7 Å². The predicted molar refractivity (Wildman–Crippen MR) is 126 cm³/mol. The molecule has 0 aliphatic carbocycles. The van der Waals surface area contributed by atoms with Crippen molar-refractivity contribution in [2.75, 3.05) is 7.05 Å². The second-order valence-corrected chi connectivity index (χ2v) is 7.99. The lowest BCUT2D eigenvalue weighted by Crippen LogP contribution is -2.53. The molecule has 3 amide bonds. The maximum atomic E-state index is 12.6. The van der Waals surface area contributed by atoms with E-state index in [0.29, 0.717) is 6.42 Å². The highest BCUT2D eigenvalue weighted by Crippen LogP contribution is 2.14. The highest BCUT2D eigenvalue weighted by atomic mass is 35.5. The van der Waals surface area contributed by atoms with Gasteiger partial charge in [-0.1, -0.05) is 43.3 Å². The number of aryl methyl sites for hydroxylation is 1. The van der Waals surface area contributed by atoms with Crippen molar-refractivity contribution in [2.24, 2.45) is 11.7 Å². The van der Waals surface area contributed by atoms with Crippen LogP contribution in [0.3, 0.4) is 0 Å². The molecular formula is C24H32ClN3O4. The number of rotatable bonds is 8. The van der Waals surface area contributed by atoms with Crippen LogP contribution >= 0.6 is 12.4 Å². The number of hydrogen-bond donors (Lipinski definition) is 3. The van der Waals surface area contributed by atoms with Gasteiger partial charge in [0.15, 0.2) is 0 Å². The Morgan fingerprint density at radius 1 is 1.00 bits per heavy atom. The molecule has 2 aromatic rings. The number of phenols is 1. The van der Waals surface area contributed by atoms with Gasteiger partial charge in [-0.3, -0.25) is 19.7 Å². The Balaban J connectivity index is 0.00000512. The summed E-state index contributed by atoms with van der Waals surface area (Å²) >= 11 is 0. The number of hydrogen-bond acceptors (Lipinski definition) is 5. The summed E-state index contributed by atoms with van der Waals surface area (Å²) in [6.45, 7) is 5.30. The van der Waals surface area contributed by atoms with Gasteiger partial charge in [-0.25, -0.2) is 0 Å². The van der Waals surface area contributed by atoms with E-state index in [-0.39, 0.29) is 30.5 Å². The molecule has 0 saturated carbocycles. The van der Waals surface area contributed by atoms with Gasteiger partial charge in [0.05, 0.1) is 6.04 Å². The summed E-state index contributed by atoms with van der Waals surface area (Å²) in [7, 11) is 1.49. The van der Waals surface area contributed by atoms with E-state index in [0.717, 1.165) is 16.7 Å². The number of halogens is 1. The maximum Gasteiger partial charge on any atom is 0.249 e. The van der Waals surface area contributed by atoms with Crippen LogP contribution in [0.1, 0.15) is 30.5 Å². The van der Waals surface area contributed by atoms with Crippen molar-refractivity contribution in [2.45, 2.75) is 45.7 Å². The molecule has 0 spiro atoms. The molecule has 2 aromatic carbocycles. The number of carbonyl (C=O) groups excluding carboxylic acids is 3. The first-order chi connectivity index (χ1) is 14.6. The van der Waals surface area contributed by atoms with E-state index < -0.39 is 29.8 Å². The molecule has 8 heteroatoms. The van der Waals surface area contributed by atoms with Gasteiger partial charge in [-0.15, -0.1) is 12.4 Å². The summed E-state index contributed by atoms with van der Waals surface area (Å²) < 4.78 is 0. The van der Waals surface area contributed by atoms with Gasteiger partial charge in [0, 0.05) is 13.0 Å². The number of carbonyl (C=O) groups is 3. The van der Waals surface area contributed by atoms with Crippen molar-refractivity contribution >= 4 is 30.1 Å². The normalized spacial score (nSPS) is 13.3. The molecule has 7 nitrogen and oxygen atoms in total. The van der Waals surface area contributed by atoms with Crippen LogP contribution in [-0.2, 0) is 27.2 Å². The summed E-state index contributed by atoms with van der Waals surface area (Å²) in [5, 5.41) is 11.8. The highest BCUT2D eigenvalue weighted by Gasteiger charge is 2.28. The molecule has 1 unspecified atom stereocenters. The van der Waals surface area contributed by atoms with Crippen molar-refractivity contribution in [3.63, 3.8) is 0 Å². The Morgan fingerprint density at radius 2 is 1.59 bits per heavy atom. The summed E-state index contributed by atoms with van der Waals surface area (Å²) in [6, 6.07) is 12.5. The minimum absolute atomic E-state index is 0. The third-order valence-corrected chi connectivity index (χ3v) is 5.50. The quantitative estimate of drug-likeness (QED) is 0.558. The van der Waals surface area contributed by atoms with Gasteiger partial charge in [0.1, 0.15) is 11.8 Å². The van der Waals surface area contributed by atoms with E-state index in [9.17, 15) is 19.5 Å². The molecule has 0 aliphatic heterocycles. The Bertz CT molecular complexity index is 933. The molecule has 0 saturated heterocycles. The number of nitrogens with two attached hydrogens (primary N) is 1. The van der Waals surface area contributed by atoms with Crippen molar-refractivity contribution in [3.05, 3.63) is 65.2 Å². The number of phenolic OH excluding ortho intramolecular Hbond substituents is 1. The van der Waals surface area contributed by atoms with Crippen LogP contribution in [0.2, 0.25) is 0 Å². The molecule has 0 aliphatic rings. The molecule has 0 heterocycles. The monoisotopic (exact) mass is 461 g/mol. The third kappa shape index (κ3) is 7.35. The molecular weight excluding hydrogens is 430 g/mol. The first-order valence-corrected chi connectivity index (χ1v) is 10.3. The topological polar surface area (TPSA) is 113 Å². The van der Waals surface area contributed by atoms with Crippen LogP contribution in [0.4, 0.5) is 0 Å². The zero-order valence-corrected chi connectivity index (χ0v) is 19.7. The van der Waals surface area contributed by atoms with E-state index in [2.05, 4.69) is 5.32 Å². The summed E-state index contributed by atoms with van der Waals surface area (Å²) in [4.78, 5) is 38.9. The van der Waals surface area contributed by atoms with Crippen molar-refractivity contribution < 1.29 is 19.5 Å². The van der Waals surface area contributed by atoms with Crippen LogP contribution in [0.5, 0.6) is 5.75 Å². The van der Waals surface area contributed by atoms with Crippen LogP contribution < -0.4 is 11.1 Å². The Labute approximate surface area is 195 Å². The minimum atomic E-state index is -0.854. The molecule has 0 bridgehead atoms. The molecule has 32 heavy (non-hydrogen) atoms. The van der Waals surface area contributed by atoms with Crippen LogP contribution in [0.25, 0.3) is 0 Å². The second-order valence-electron chi connectivity index (χ2n) is 7.99. The van der Waals surface area contributed by atoms with Crippen molar-refractivity contribution in [3.8, 4) is 5.75 Å². The predicted octanol–water partition coefficient (Wildman–Crippen LogP) is 2.36. The van der Waals surface area contributed by atoms with E-state index >= 15 is 0 Å². The lowest BCUT2D eigenvalue weighted by atomic mass is 9.97. The average molecular weight is 462 g/mol. The molecule has 0 radical (unpaired) electrons. The van der Waals surface area contributed by atoms with E-state index in [1.807, 2.05) is 31.2 Å². The fourth-order valence-electron chi connectivity index (χ4n) is 3.21. The summed E-state index contributed by atoms with van der Waals surface area (Å²) in [6.07, 6.45) is 0.788. The Kier molecular flexibility index (Phi) is 10.4. The summed E-state index contributed by atoms with van der Waals surface area (Å²) in [5.74, 6) is -1.60. The average Bonchev–Trinajstić information content (AvgIpc) is 2.75. The number of benzene rings is 2. The smallest absolute Gasteiger partial charge is 0.249 e. The van der Waals surface area contributed by atoms with Gasteiger partial charge >= 0.3 is 0 Å². The lowest BCUT2D eigenvalue weighted by Gasteiger charge is -2.27. The first kappa shape index (κ1) is 27.1.